The molecular formula is C14H12ClN5O2S. The molecule has 0 saturated heterocycles. The van der Waals surface area contributed by atoms with Crippen molar-refractivity contribution in [3.05, 3.63) is 57.7 Å². The molecule has 9 heteroatoms. The summed E-state index contributed by atoms with van der Waals surface area (Å²) in [4.78, 5) is 15.5. The lowest BCUT2D eigenvalue weighted by molar-refractivity contribution is -0.391. The molecule has 0 aliphatic rings. The van der Waals surface area contributed by atoms with Gasteiger partial charge in [0.05, 0.1) is 0 Å². The van der Waals surface area contributed by atoms with Gasteiger partial charge in [-0.05, 0) is 35.3 Å². The molecule has 0 atom stereocenters. The quantitative estimate of drug-likeness (QED) is 0.317. The third-order valence-electron chi connectivity index (χ3n) is 3.02. The van der Waals surface area contributed by atoms with Crippen LogP contribution in [0.4, 0.5) is 11.6 Å². The Bertz CT molecular complexity index is 837. The Kier molecular flexibility index (Phi) is 4.63. The number of hydrogen-bond donors (Lipinski definition) is 1. The Labute approximate surface area is 140 Å². The van der Waals surface area contributed by atoms with Crippen LogP contribution in [-0.2, 0) is 0 Å². The molecule has 7 nitrogen and oxygen atoms in total. The van der Waals surface area contributed by atoms with E-state index in [0.29, 0.717) is 23.0 Å². The average molecular weight is 350 g/mol. The minimum atomic E-state index is -0.507. The van der Waals surface area contributed by atoms with Crippen LogP contribution in [0.3, 0.4) is 0 Å². The van der Waals surface area contributed by atoms with Gasteiger partial charge in [-0.1, -0.05) is 21.2 Å². The molecule has 118 valence electrons. The number of imidazole rings is 1. The number of rotatable bonds is 6. The van der Waals surface area contributed by atoms with Crippen molar-refractivity contribution in [2.45, 2.75) is 4.90 Å². The summed E-state index contributed by atoms with van der Waals surface area (Å²) < 4.78 is 1.22. The van der Waals surface area contributed by atoms with Crippen LogP contribution >= 0.6 is 23.4 Å². The van der Waals surface area contributed by atoms with E-state index >= 15 is 0 Å². The summed E-state index contributed by atoms with van der Waals surface area (Å²) >= 11 is 7.53. The van der Waals surface area contributed by atoms with Crippen molar-refractivity contribution in [1.29, 1.82) is 0 Å². The predicted octanol–water partition coefficient (Wildman–Crippen LogP) is 3.50. The first-order chi connectivity index (χ1) is 11.1. The van der Waals surface area contributed by atoms with Gasteiger partial charge in [0.15, 0.2) is 5.82 Å². The maximum atomic E-state index is 10.9. The van der Waals surface area contributed by atoms with Crippen LogP contribution in [0.1, 0.15) is 0 Å². The van der Waals surface area contributed by atoms with Gasteiger partial charge < -0.3 is 15.4 Å². The molecule has 2 aromatic heterocycles. The van der Waals surface area contributed by atoms with Gasteiger partial charge in [-0.15, -0.1) is 11.8 Å². The highest BCUT2D eigenvalue weighted by Crippen LogP contribution is 2.20. The van der Waals surface area contributed by atoms with Crippen LogP contribution in [0.25, 0.3) is 5.65 Å². The summed E-state index contributed by atoms with van der Waals surface area (Å²) in [6.07, 6.45) is 1.20. The Balaban J connectivity index is 1.59. The molecule has 0 radical (unpaired) electrons. The summed E-state index contributed by atoms with van der Waals surface area (Å²) in [6.45, 7) is 0.675. The number of aromatic nitrogens is 3. The third-order valence-corrected chi connectivity index (χ3v) is 4.29. The van der Waals surface area contributed by atoms with Gasteiger partial charge in [-0.25, -0.2) is 4.98 Å². The number of anilines is 1. The summed E-state index contributed by atoms with van der Waals surface area (Å²) in [5.74, 6) is 1.24. The predicted molar refractivity (Wildman–Crippen MR) is 90.3 cm³/mol. The van der Waals surface area contributed by atoms with E-state index in [-0.39, 0.29) is 5.82 Å². The minimum Gasteiger partial charge on any atom is -0.366 e. The van der Waals surface area contributed by atoms with E-state index in [9.17, 15) is 10.1 Å². The molecule has 0 aliphatic heterocycles. The second-order valence-corrected chi connectivity index (χ2v) is 6.20. The number of fused-ring (bicyclic) bond motifs is 1. The lowest BCUT2D eigenvalue weighted by Gasteiger charge is -2.04. The van der Waals surface area contributed by atoms with Gasteiger partial charge in [-0.3, -0.25) is 0 Å². The maximum Gasteiger partial charge on any atom is 0.368 e. The highest BCUT2D eigenvalue weighted by molar-refractivity contribution is 7.99. The number of thioether (sulfide) groups is 1. The summed E-state index contributed by atoms with van der Waals surface area (Å²) in [6, 6.07) is 11.1. The first-order valence-corrected chi connectivity index (χ1v) is 8.11. The number of benzene rings is 1. The summed E-state index contributed by atoms with van der Waals surface area (Å²) in [5, 5.41) is 18.9. The molecule has 1 aromatic carbocycles. The number of nitrogens with zero attached hydrogens (tertiary/aromatic N) is 4. The monoisotopic (exact) mass is 349 g/mol. The van der Waals surface area contributed by atoms with Crippen LogP contribution < -0.4 is 5.32 Å². The topological polar surface area (TPSA) is 85.4 Å². The molecule has 0 fully saturated rings. The zero-order chi connectivity index (χ0) is 16.2. The zero-order valence-electron chi connectivity index (χ0n) is 11.8. The van der Waals surface area contributed by atoms with E-state index in [2.05, 4.69) is 15.4 Å². The number of hydrogen-bond acceptors (Lipinski definition) is 6. The van der Waals surface area contributed by atoms with E-state index in [4.69, 9.17) is 11.6 Å². The van der Waals surface area contributed by atoms with Gasteiger partial charge in [0, 0.05) is 28.3 Å². The number of nitrogens with one attached hydrogen (secondary N) is 1. The molecule has 0 amide bonds. The molecule has 0 bridgehead atoms. The highest BCUT2D eigenvalue weighted by Gasteiger charge is 2.15. The molecule has 2 heterocycles. The maximum absolute atomic E-state index is 10.9. The second kappa shape index (κ2) is 6.84. The van der Waals surface area contributed by atoms with Crippen LogP contribution in [-0.4, -0.2) is 31.8 Å². The summed E-state index contributed by atoms with van der Waals surface area (Å²) in [5.41, 5.74) is 0.442. The van der Waals surface area contributed by atoms with Gasteiger partial charge in [0.1, 0.15) is 6.20 Å². The highest BCUT2D eigenvalue weighted by atomic mass is 35.5. The van der Waals surface area contributed by atoms with Crippen molar-refractivity contribution in [3.63, 3.8) is 0 Å². The fraction of sp³-hybridized carbons (Fsp3) is 0.143. The zero-order valence-corrected chi connectivity index (χ0v) is 13.4. The van der Waals surface area contributed by atoms with Crippen molar-refractivity contribution >= 4 is 40.6 Å². The summed E-state index contributed by atoms with van der Waals surface area (Å²) in [7, 11) is 0. The Morgan fingerprint density at radius 1 is 1.26 bits per heavy atom. The van der Waals surface area contributed by atoms with E-state index < -0.39 is 4.92 Å². The molecule has 3 aromatic rings. The van der Waals surface area contributed by atoms with Crippen molar-refractivity contribution < 1.29 is 4.92 Å². The molecule has 0 aliphatic carbocycles. The van der Waals surface area contributed by atoms with Gasteiger partial charge >= 0.3 is 5.82 Å². The van der Waals surface area contributed by atoms with Crippen molar-refractivity contribution in [2.24, 2.45) is 0 Å². The van der Waals surface area contributed by atoms with Crippen molar-refractivity contribution in [3.8, 4) is 0 Å². The first kappa shape index (κ1) is 15.6. The van der Waals surface area contributed by atoms with E-state index in [1.54, 1.807) is 23.9 Å². The van der Waals surface area contributed by atoms with Crippen LogP contribution in [0.2, 0.25) is 5.02 Å². The molecule has 1 N–H and O–H groups in total. The number of nitro groups is 1. The largest absolute Gasteiger partial charge is 0.368 e. The molecule has 23 heavy (non-hydrogen) atoms. The van der Waals surface area contributed by atoms with Gasteiger partial charge in [0.2, 0.25) is 5.65 Å². The van der Waals surface area contributed by atoms with Crippen molar-refractivity contribution in [1.82, 2.24) is 14.6 Å². The average Bonchev–Trinajstić information content (AvgIpc) is 2.96. The number of halogens is 1. The Morgan fingerprint density at radius 2 is 2.04 bits per heavy atom. The Morgan fingerprint density at radius 3 is 2.78 bits per heavy atom. The lowest BCUT2D eigenvalue weighted by Crippen LogP contribution is -2.08. The third kappa shape index (κ3) is 3.72. The normalized spacial score (nSPS) is 10.8. The van der Waals surface area contributed by atoms with Crippen LogP contribution in [0.5, 0.6) is 0 Å². The lowest BCUT2D eigenvalue weighted by atomic mass is 10.4. The SMILES string of the molecule is O=[N+]([O-])c1cnc2ccc(NCCSc3ccc(Cl)cc3)nn12. The van der Waals surface area contributed by atoms with E-state index in [1.165, 1.54) is 10.7 Å². The van der Waals surface area contributed by atoms with E-state index in [1.807, 2.05) is 24.3 Å². The standard InChI is InChI=1S/C14H12ClN5O2S/c15-10-1-3-11(4-2-10)23-8-7-16-12-5-6-13-17-9-14(20(21)22)19(13)18-12/h1-6,9H,7-8H2,(H,16,18). The van der Waals surface area contributed by atoms with Crippen LogP contribution in [0.15, 0.2) is 47.5 Å². The molecule has 3 rings (SSSR count). The van der Waals surface area contributed by atoms with Gasteiger partial charge in [-0.2, -0.15) is 0 Å². The minimum absolute atomic E-state index is 0.154. The molecule has 0 spiro atoms. The second-order valence-electron chi connectivity index (χ2n) is 4.59. The fourth-order valence-corrected chi connectivity index (χ4v) is 2.85. The molecule has 0 unspecified atom stereocenters. The fourth-order valence-electron chi connectivity index (χ4n) is 1.96. The van der Waals surface area contributed by atoms with Crippen LogP contribution in [0, 0.1) is 10.1 Å². The van der Waals surface area contributed by atoms with Crippen molar-refractivity contribution in [2.75, 3.05) is 17.6 Å². The Hall–Kier alpha value is -2.32. The smallest absolute Gasteiger partial charge is 0.366 e. The molecular weight excluding hydrogens is 338 g/mol. The van der Waals surface area contributed by atoms with E-state index in [0.717, 1.165) is 10.6 Å². The van der Waals surface area contributed by atoms with Gasteiger partial charge in [0.25, 0.3) is 0 Å². The molecule has 0 saturated carbocycles. The first-order valence-electron chi connectivity index (χ1n) is 6.75.